The number of pyridine rings is 1. The van der Waals surface area contributed by atoms with Crippen molar-refractivity contribution in [3.8, 4) is 11.3 Å². The van der Waals surface area contributed by atoms with Crippen molar-refractivity contribution < 1.29 is 4.79 Å². The van der Waals surface area contributed by atoms with Gasteiger partial charge >= 0.3 is 0 Å². The molecule has 0 bridgehead atoms. The maximum atomic E-state index is 12.9. The van der Waals surface area contributed by atoms with E-state index in [1.807, 2.05) is 91.0 Å². The molecule has 3 nitrogen and oxygen atoms in total. The zero-order chi connectivity index (χ0) is 17.1. The van der Waals surface area contributed by atoms with Crippen molar-refractivity contribution in [1.29, 1.82) is 0 Å². The van der Waals surface area contributed by atoms with Gasteiger partial charge < -0.3 is 5.32 Å². The van der Waals surface area contributed by atoms with Crippen LogP contribution in [0.15, 0.2) is 91.0 Å². The lowest BCUT2D eigenvalue weighted by molar-refractivity contribution is 0.102. The van der Waals surface area contributed by atoms with Gasteiger partial charge in [0, 0.05) is 16.6 Å². The first-order valence-electron chi connectivity index (χ1n) is 8.13. The van der Waals surface area contributed by atoms with E-state index in [1.165, 1.54) is 0 Å². The molecule has 25 heavy (non-hydrogen) atoms. The second kappa shape index (κ2) is 6.57. The third-order valence-corrected chi connectivity index (χ3v) is 4.05. The topological polar surface area (TPSA) is 42.0 Å². The molecule has 1 heterocycles. The average Bonchev–Trinajstić information content (AvgIpc) is 2.68. The summed E-state index contributed by atoms with van der Waals surface area (Å²) < 4.78 is 0. The summed E-state index contributed by atoms with van der Waals surface area (Å²) in [5.41, 5.74) is 3.81. The molecule has 1 amide bonds. The third kappa shape index (κ3) is 3.12. The van der Waals surface area contributed by atoms with Gasteiger partial charge in [-0.05, 0) is 24.3 Å². The van der Waals surface area contributed by atoms with Crippen LogP contribution in [-0.2, 0) is 0 Å². The molecule has 3 heteroatoms. The van der Waals surface area contributed by atoms with E-state index in [2.05, 4.69) is 5.32 Å². The number of rotatable bonds is 3. The minimum absolute atomic E-state index is 0.164. The van der Waals surface area contributed by atoms with Crippen molar-refractivity contribution in [2.45, 2.75) is 0 Å². The molecule has 0 fully saturated rings. The van der Waals surface area contributed by atoms with Gasteiger partial charge in [-0.1, -0.05) is 66.7 Å². The van der Waals surface area contributed by atoms with Crippen LogP contribution in [0.5, 0.6) is 0 Å². The van der Waals surface area contributed by atoms with Crippen LogP contribution in [0.3, 0.4) is 0 Å². The number of hydrogen-bond acceptors (Lipinski definition) is 2. The quantitative estimate of drug-likeness (QED) is 0.566. The Morgan fingerprint density at radius 2 is 1.40 bits per heavy atom. The highest BCUT2D eigenvalue weighted by Gasteiger charge is 2.16. The summed E-state index contributed by atoms with van der Waals surface area (Å²) in [4.78, 5) is 17.6. The van der Waals surface area contributed by atoms with Crippen LogP contribution in [0, 0.1) is 0 Å². The zero-order valence-corrected chi connectivity index (χ0v) is 13.5. The first kappa shape index (κ1) is 15.1. The van der Waals surface area contributed by atoms with E-state index in [0.717, 1.165) is 22.2 Å². The van der Waals surface area contributed by atoms with Crippen molar-refractivity contribution >= 4 is 22.5 Å². The van der Waals surface area contributed by atoms with Gasteiger partial charge in [0.2, 0.25) is 0 Å². The Balaban J connectivity index is 1.84. The number of carbonyl (C=O) groups is 1. The van der Waals surface area contributed by atoms with E-state index >= 15 is 0 Å². The first-order valence-corrected chi connectivity index (χ1v) is 8.13. The Labute approximate surface area is 146 Å². The number of carbonyl (C=O) groups excluding carboxylic acids is 1. The molecule has 0 unspecified atom stereocenters. The molecule has 0 radical (unpaired) electrons. The highest BCUT2D eigenvalue weighted by molar-refractivity contribution is 6.10. The fourth-order valence-electron chi connectivity index (χ4n) is 2.83. The van der Waals surface area contributed by atoms with Crippen molar-refractivity contribution in [2.75, 3.05) is 5.32 Å². The summed E-state index contributed by atoms with van der Waals surface area (Å²) in [5.74, 6) is -0.164. The molecule has 4 rings (SSSR count). The largest absolute Gasteiger partial charge is 0.322 e. The van der Waals surface area contributed by atoms with E-state index in [0.29, 0.717) is 11.3 Å². The number of amides is 1. The average molecular weight is 324 g/mol. The second-order valence-electron chi connectivity index (χ2n) is 5.76. The molecule has 0 aliphatic heterocycles. The Morgan fingerprint density at radius 1 is 0.760 bits per heavy atom. The third-order valence-electron chi connectivity index (χ3n) is 4.05. The van der Waals surface area contributed by atoms with Crippen LogP contribution in [0.4, 0.5) is 5.69 Å². The maximum absolute atomic E-state index is 12.9. The Kier molecular flexibility index (Phi) is 3.97. The number of aromatic nitrogens is 1. The van der Waals surface area contributed by atoms with Crippen LogP contribution >= 0.6 is 0 Å². The van der Waals surface area contributed by atoms with Crippen LogP contribution in [0.2, 0.25) is 0 Å². The molecule has 3 aromatic carbocycles. The second-order valence-corrected chi connectivity index (χ2v) is 5.76. The van der Waals surface area contributed by atoms with E-state index in [4.69, 9.17) is 4.98 Å². The van der Waals surface area contributed by atoms with E-state index in [1.54, 1.807) is 0 Å². The van der Waals surface area contributed by atoms with E-state index in [9.17, 15) is 4.79 Å². The number of para-hydroxylation sites is 2. The Bertz CT molecular complexity index is 1030. The predicted molar refractivity (Wildman–Crippen MR) is 102 cm³/mol. The first-order chi connectivity index (χ1) is 12.3. The predicted octanol–water partition coefficient (Wildman–Crippen LogP) is 5.15. The van der Waals surface area contributed by atoms with Crippen molar-refractivity contribution in [2.24, 2.45) is 0 Å². The lowest BCUT2D eigenvalue weighted by Crippen LogP contribution is -2.14. The number of hydrogen-bond donors (Lipinski definition) is 1. The van der Waals surface area contributed by atoms with E-state index < -0.39 is 0 Å². The molecule has 1 aromatic heterocycles. The Hall–Kier alpha value is -3.46. The lowest BCUT2D eigenvalue weighted by atomic mass is 10.0. The highest BCUT2D eigenvalue weighted by atomic mass is 16.1. The van der Waals surface area contributed by atoms with E-state index in [-0.39, 0.29) is 5.91 Å². The van der Waals surface area contributed by atoms with Crippen molar-refractivity contribution in [3.05, 3.63) is 96.6 Å². The van der Waals surface area contributed by atoms with Gasteiger partial charge in [-0.3, -0.25) is 4.79 Å². The van der Waals surface area contributed by atoms with Crippen molar-refractivity contribution in [3.63, 3.8) is 0 Å². The minimum Gasteiger partial charge on any atom is -0.322 e. The summed E-state index contributed by atoms with van der Waals surface area (Å²) in [6.45, 7) is 0. The zero-order valence-electron chi connectivity index (χ0n) is 13.5. The van der Waals surface area contributed by atoms with Gasteiger partial charge in [-0.2, -0.15) is 0 Å². The minimum atomic E-state index is -0.164. The van der Waals surface area contributed by atoms with Gasteiger partial charge in [-0.25, -0.2) is 4.98 Å². The number of anilines is 1. The van der Waals surface area contributed by atoms with Crippen LogP contribution in [0.1, 0.15) is 10.4 Å². The molecule has 0 saturated carbocycles. The smallest absolute Gasteiger partial charge is 0.257 e. The normalized spacial score (nSPS) is 10.6. The fourth-order valence-corrected chi connectivity index (χ4v) is 2.83. The lowest BCUT2D eigenvalue weighted by Gasteiger charge is -2.11. The molecular weight excluding hydrogens is 308 g/mol. The molecule has 0 atom stereocenters. The summed E-state index contributed by atoms with van der Waals surface area (Å²) in [6, 6.07) is 29.0. The summed E-state index contributed by atoms with van der Waals surface area (Å²) in [7, 11) is 0. The van der Waals surface area contributed by atoms with Crippen LogP contribution in [-0.4, -0.2) is 10.9 Å². The molecule has 120 valence electrons. The summed E-state index contributed by atoms with van der Waals surface area (Å²) in [6.07, 6.45) is 0. The van der Waals surface area contributed by atoms with Gasteiger partial charge in [0.1, 0.15) is 0 Å². The SMILES string of the molecule is O=C(Nc1ccccc1)c1cc2ccccc2nc1-c1ccccc1. The van der Waals surface area contributed by atoms with Crippen LogP contribution < -0.4 is 5.32 Å². The number of nitrogens with zero attached hydrogens (tertiary/aromatic N) is 1. The Morgan fingerprint density at radius 3 is 2.16 bits per heavy atom. The van der Waals surface area contributed by atoms with Gasteiger partial charge in [0.05, 0.1) is 16.8 Å². The number of nitrogens with one attached hydrogen (secondary N) is 1. The van der Waals surface area contributed by atoms with Gasteiger partial charge in [-0.15, -0.1) is 0 Å². The molecule has 1 N–H and O–H groups in total. The summed E-state index contributed by atoms with van der Waals surface area (Å²) >= 11 is 0. The maximum Gasteiger partial charge on any atom is 0.257 e. The number of benzene rings is 3. The van der Waals surface area contributed by atoms with Crippen LogP contribution in [0.25, 0.3) is 22.2 Å². The summed E-state index contributed by atoms with van der Waals surface area (Å²) in [5, 5.41) is 3.90. The van der Waals surface area contributed by atoms with Crippen molar-refractivity contribution in [1.82, 2.24) is 4.98 Å². The fraction of sp³-hybridized carbons (Fsp3) is 0. The van der Waals surface area contributed by atoms with Gasteiger partial charge in [0.15, 0.2) is 0 Å². The highest BCUT2D eigenvalue weighted by Crippen LogP contribution is 2.26. The molecule has 0 spiro atoms. The standard InChI is InChI=1S/C22H16N2O/c25-22(23-18-12-5-2-6-13-18)19-15-17-11-7-8-14-20(17)24-21(19)16-9-3-1-4-10-16/h1-15H,(H,23,25). The monoisotopic (exact) mass is 324 g/mol. The molecular formula is C22H16N2O. The van der Waals surface area contributed by atoms with Gasteiger partial charge in [0.25, 0.3) is 5.91 Å². The molecule has 4 aromatic rings. The molecule has 0 saturated heterocycles. The molecule has 0 aliphatic rings. The molecule has 0 aliphatic carbocycles. The number of fused-ring (bicyclic) bond motifs is 1.